The van der Waals surface area contributed by atoms with Gasteiger partial charge in [0, 0.05) is 30.6 Å². The Labute approximate surface area is 159 Å². The third-order valence-electron chi connectivity index (χ3n) is 4.54. The Hall–Kier alpha value is -2.44. The Morgan fingerprint density at radius 2 is 1.81 bits per heavy atom. The predicted octanol–water partition coefficient (Wildman–Crippen LogP) is 2.27. The molecular weight excluding hydrogens is 351 g/mol. The molecule has 0 aromatic heterocycles. The van der Waals surface area contributed by atoms with Crippen molar-refractivity contribution in [2.24, 2.45) is 11.3 Å². The molecule has 1 aliphatic heterocycles. The Morgan fingerprint density at radius 3 is 2.41 bits per heavy atom. The normalized spacial score (nSPS) is 15.3. The van der Waals surface area contributed by atoms with E-state index in [1.54, 1.807) is 23.1 Å². The van der Waals surface area contributed by atoms with Gasteiger partial charge in [0.15, 0.2) is 6.61 Å². The summed E-state index contributed by atoms with van der Waals surface area (Å²) >= 11 is 0. The molecule has 1 N–H and O–H groups in total. The molecule has 1 aromatic rings. The van der Waals surface area contributed by atoms with Gasteiger partial charge in [0.1, 0.15) is 5.82 Å². The van der Waals surface area contributed by atoms with Crippen LogP contribution in [0, 0.1) is 17.2 Å². The first-order valence-electron chi connectivity index (χ1n) is 9.14. The molecule has 1 saturated heterocycles. The zero-order valence-electron chi connectivity index (χ0n) is 16.1. The van der Waals surface area contributed by atoms with Crippen LogP contribution in [0.4, 0.5) is 4.39 Å². The van der Waals surface area contributed by atoms with Crippen LogP contribution in [0.25, 0.3) is 0 Å². The highest BCUT2D eigenvalue weighted by molar-refractivity contribution is 5.83. The first-order chi connectivity index (χ1) is 12.7. The van der Waals surface area contributed by atoms with Crippen LogP contribution < -0.4 is 5.32 Å². The standard InChI is InChI=1S/C20H27FN2O4/c1-20(2,3)19(26)23-10-8-14(9-11-23)18(25)27-13-17(24)22-12-15-6-4-5-7-16(15)21/h4-7,14H,8-13H2,1-3H3,(H,22,24). The van der Waals surface area contributed by atoms with E-state index < -0.39 is 29.7 Å². The Balaban J connectivity index is 1.71. The fourth-order valence-electron chi connectivity index (χ4n) is 2.93. The van der Waals surface area contributed by atoms with Crippen molar-refractivity contribution in [3.05, 3.63) is 35.6 Å². The van der Waals surface area contributed by atoms with Crippen molar-refractivity contribution in [1.82, 2.24) is 10.2 Å². The minimum Gasteiger partial charge on any atom is -0.455 e. The van der Waals surface area contributed by atoms with Crippen molar-refractivity contribution in [3.8, 4) is 0 Å². The molecule has 0 atom stereocenters. The van der Waals surface area contributed by atoms with Crippen LogP contribution in [0.5, 0.6) is 0 Å². The fourth-order valence-corrected chi connectivity index (χ4v) is 2.93. The maximum Gasteiger partial charge on any atom is 0.309 e. The molecule has 0 saturated carbocycles. The number of carbonyl (C=O) groups excluding carboxylic acids is 3. The highest BCUT2D eigenvalue weighted by Gasteiger charge is 2.33. The van der Waals surface area contributed by atoms with Crippen molar-refractivity contribution in [3.63, 3.8) is 0 Å². The van der Waals surface area contributed by atoms with Crippen LogP contribution in [0.2, 0.25) is 0 Å². The van der Waals surface area contributed by atoms with Gasteiger partial charge in [-0.1, -0.05) is 39.0 Å². The van der Waals surface area contributed by atoms with Crippen molar-refractivity contribution in [1.29, 1.82) is 0 Å². The second-order valence-corrected chi connectivity index (χ2v) is 7.79. The molecule has 0 aliphatic carbocycles. The molecule has 0 bridgehead atoms. The number of esters is 1. The third kappa shape index (κ3) is 6.05. The zero-order valence-corrected chi connectivity index (χ0v) is 16.1. The van der Waals surface area contributed by atoms with E-state index in [0.717, 1.165) is 0 Å². The highest BCUT2D eigenvalue weighted by Crippen LogP contribution is 2.24. The van der Waals surface area contributed by atoms with Gasteiger partial charge < -0.3 is 15.0 Å². The lowest BCUT2D eigenvalue weighted by Crippen LogP contribution is -2.45. The van der Waals surface area contributed by atoms with Gasteiger partial charge in [-0.3, -0.25) is 14.4 Å². The van der Waals surface area contributed by atoms with E-state index in [9.17, 15) is 18.8 Å². The number of piperidine rings is 1. The number of hydrogen-bond donors (Lipinski definition) is 1. The van der Waals surface area contributed by atoms with Crippen LogP contribution in [-0.4, -0.2) is 42.4 Å². The van der Waals surface area contributed by atoms with Gasteiger partial charge in [-0.15, -0.1) is 0 Å². The number of carbonyl (C=O) groups is 3. The van der Waals surface area contributed by atoms with E-state index in [2.05, 4.69) is 5.32 Å². The number of hydrogen-bond acceptors (Lipinski definition) is 4. The number of amides is 2. The van der Waals surface area contributed by atoms with E-state index >= 15 is 0 Å². The van der Waals surface area contributed by atoms with Crippen LogP contribution in [0.1, 0.15) is 39.2 Å². The summed E-state index contributed by atoms with van der Waals surface area (Å²) in [6, 6.07) is 6.15. The van der Waals surface area contributed by atoms with E-state index in [4.69, 9.17) is 4.74 Å². The summed E-state index contributed by atoms with van der Waals surface area (Å²) < 4.78 is 18.6. The first kappa shape index (κ1) is 20.9. The van der Waals surface area contributed by atoms with Crippen molar-refractivity contribution >= 4 is 17.8 Å². The number of nitrogens with one attached hydrogen (secondary N) is 1. The third-order valence-corrected chi connectivity index (χ3v) is 4.54. The first-order valence-corrected chi connectivity index (χ1v) is 9.14. The van der Waals surface area contributed by atoms with Gasteiger partial charge in [-0.05, 0) is 18.9 Å². The summed E-state index contributed by atoms with van der Waals surface area (Å²) in [6.45, 7) is 6.27. The molecule has 2 rings (SSSR count). The molecule has 27 heavy (non-hydrogen) atoms. The average molecular weight is 378 g/mol. The molecule has 0 spiro atoms. The topological polar surface area (TPSA) is 75.7 Å². The summed E-state index contributed by atoms with van der Waals surface area (Å²) in [6.07, 6.45) is 1.05. The highest BCUT2D eigenvalue weighted by atomic mass is 19.1. The molecule has 7 heteroatoms. The summed E-state index contributed by atoms with van der Waals surface area (Å²) in [5, 5.41) is 2.53. The SMILES string of the molecule is CC(C)(C)C(=O)N1CCC(C(=O)OCC(=O)NCc2ccccc2F)CC1. The second kappa shape index (κ2) is 8.97. The Kier molecular flexibility index (Phi) is 6.93. The number of halogens is 1. The van der Waals surface area contributed by atoms with Gasteiger partial charge in [0.05, 0.1) is 5.92 Å². The number of benzene rings is 1. The van der Waals surface area contributed by atoms with Crippen molar-refractivity contribution < 1.29 is 23.5 Å². The lowest BCUT2D eigenvalue weighted by Gasteiger charge is -2.34. The molecule has 1 heterocycles. The van der Waals surface area contributed by atoms with Crippen molar-refractivity contribution in [2.45, 2.75) is 40.2 Å². The summed E-state index contributed by atoms with van der Waals surface area (Å²) in [5.41, 5.74) is -0.0722. The zero-order chi connectivity index (χ0) is 20.0. The number of nitrogens with zero attached hydrogens (tertiary/aromatic N) is 1. The molecule has 1 fully saturated rings. The molecule has 0 radical (unpaired) electrons. The smallest absolute Gasteiger partial charge is 0.309 e. The predicted molar refractivity (Wildman–Crippen MR) is 98.0 cm³/mol. The van der Waals surface area contributed by atoms with E-state index in [1.807, 2.05) is 20.8 Å². The lowest BCUT2D eigenvalue weighted by molar-refractivity contribution is -0.155. The maximum atomic E-state index is 13.5. The van der Waals surface area contributed by atoms with Crippen LogP contribution in [0.3, 0.4) is 0 Å². The van der Waals surface area contributed by atoms with E-state index in [0.29, 0.717) is 31.5 Å². The number of rotatable bonds is 5. The molecule has 1 aromatic carbocycles. The van der Waals surface area contributed by atoms with Gasteiger partial charge in [-0.25, -0.2) is 4.39 Å². The number of ether oxygens (including phenoxy) is 1. The summed E-state index contributed by atoms with van der Waals surface area (Å²) in [4.78, 5) is 38.0. The lowest BCUT2D eigenvalue weighted by atomic mass is 9.91. The van der Waals surface area contributed by atoms with Gasteiger partial charge in [0.2, 0.25) is 5.91 Å². The van der Waals surface area contributed by atoms with Gasteiger partial charge in [0.25, 0.3) is 5.91 Å². The minimum absolute atomic E-state index is 0.0381. The van der Waals surface area contributed by atoms with Gasteiger partial charge >= 0.3 is 5.97 Å². The molecule has 6 nitrogen and oxygen atoms in total. The van der Waals surface area contributed by atoms with Crippen molar-refractivity contribution in [2.75, 3.05) is 19.7 Å². The largest absolute Gasteiger partial charge is 0.455 e. The monoisotopic (exact) mass is 378 g/mol. The van der Waals surface area contributed by atoms with E-state index in [-0.39, 0.29) is 18.4 Å². The minimum atomic E-state index is -0.480. The molecule has 2 amide bonds. The summed E-state index contributed by atoms with van der Waals surface area (Å²) in [7, 11) is 0. The second-order valence-electron chi connectivity index (χ2n) is 7.79. The fraction of sp³-hybridized carbons (Fsp3) is 0.550. The quantitative estimate of drug-likeness (QED) is 0.798. The van der Waals surface area contributed by atoms with Gasteiger partial charge in [-0.2, -0.15) is 0 Å². The van der Waals surface area contributed by atoms with Crippen LogP contribution >= 0.6 is 0 Å². The van der Waals surface area contributed by atoms with Crippen LogP contribution in [-0.2, 0) is 25.7 Å². The molecule has 148 valence electrons. The number of likely N-dealkylation sites (tertiary alicyclic amines) is 1. The van der Waals surface area contributed by atoms with E-state index in [1.165, 1.54) is 6.07 Å². The molecular formula is C20H27FN2O4. The molecule has 0 unspecified atom stereocenters. The Bertz CT molecular complexity index is 691. The molecule has 1 aliphatic rings. The summed E-state index contributed by atoms with van der Waals surface area (Å²) in [5.74, 6) is -1.55. The Morgan fingerprint density at radius 1 is 1.19 bits per heavy atom. The average Bonchev–Trinajstić information content (AvgIpc) is 2.64. The maximum absolute atomic E-state index is 13.5. The van der Waals surface area contributed by atoms with Crippen LogP contribution in [0.15, 0.2) is 24.3 Å².